The smallest absolute Gasteiger partial charge is 0.267 e. The van der Waals surface area contributed by atoms with E-state index in [1.54, 1.807) is 68.8 Å². The minimum absolute atomic E-state index is 0.370. The number of benzene rings is 3. The maximum atomic E-state index is 12.9. The molecular formula is C24H23N3O4. The fraction of sp³-hybridized carbons (Fsp3) is 0.125. The summed E-state index contributed by atoms with van der Waals surface area (Å²) in [5.41, 5.74) is 4.25. The molecule has 0 spiro atoms. The molecule has 0 radical (unpaired) electrons. The normalized spacial score (nSPS) is 11.5. The lowest BCUT2D eigenvalue weighted by Gasteiger charge is -2.18. The molecule has 0 aliphatic carbocycles. The van der Waals surface area contributed by atoms with E-state index in [1.165, 1.54) is 6.21 Å². The number of ether oxygens (including phenoxy) is 2. The van der Waals surface area contributed by atoms with E-state index in [9.17, 15) is 9.59 Å². The lowest BCUT2D eigenvalue weighted by molar-refractivity contribution is -0.123. The number of hydrogen-bond donors (Lipinski definition) is 2. The summed E-state index contributed by atoms with van der Waals surface area (Å²) in [5, 5.41) is 6.80. The highest BCUT2D eigenvalue weighted by molar-refractivity contribution is 5.98. The third kappa shape index (κ3) is 5.70. The van der Waals surface area contributed by atoms with Gasteiger partial charge in [-0.15, -0.1) is 0 Å². The molecule has 0 fully saturated rings. The van der Waals surface area contributed by atoms with Crippen molar-refractivity contribution in [3.05, 3.63) is 95.6 Å². The average molecular weight is 417 g/mol. The zero-order valence-corrected chi connectivity index (χ0v) is 17.2. The minimum Gasteiger partial charge on any atom is -0.497 e. The molecule has 0 bridgehead atoms. The van der Waals surface area contributed by atoms with Crippen molar-refractivity contribution in [3.63, 3.8) is 0 Å². The molecule has 3 rings (SSSR count). The molecule has 0 aromatic heterocycles. The second-order valence-electron chi connectivity index (χ2n) is 6.52. The minimum atomic E-state index is -0.951. The summed E-state index contributed by atoms with van der Waals surface area (Å²) in [4.78, 5) is 25.6. The van der Waals surface area contributed by atoms with Gasteiger partial charge >= 0.3 is 0 Å². The predicted octanol–water partition coefficient (Wildman–Crippen LogP) is 3.33. The molecule has 3 aromatic rings. The van der Waals surface area contributed by atoms with Crippen LogP contribution in [0.3, 0.4) is 0 Å². The van der Waals surface area contributed by atoms with Gasteiger partial charge in [-0.25, -0.2) is 5.43 Å². The molecule has 7 heteroatoms. The molecule has 2 amide bonds. The number of amides is 2. The first kappa shape index (κ1) is 21.6. The zero-order valence-electron chi connectivity index (χ0n) is 17.2. The zero-order chi connectivity index (χ0) is 22.1. The Morgan fingerprint density at radius 1 is 0.871 bits per heavy atom. The molecule has 2 N–H and O–H groups in total. The van der Waals surface area contributed by atoms with Gasteiger partial charge in [-0.05, 0) is 42.0 Å². The third-order valence-electron chi connectivity index (χ3n) is 4.54. The number of nitrogens with zero attached hydrogens (tertiary/aromatic N) is 1. The van der Waals surface area contributed by atoms with Gasteiger partial charge in [-0.1, -0.05) is 42.5 Å². The summed E-state index contributed by atoms with van der Waals surface area (Å²) >= 11 is 0. The van der Waals surface area contributed by atoms with Crippen molar-refractivity contribution in [1.29, 1.82) is 0 Å². The summed E-state index contributed by atoms with van der Waals surface area (Å²) in [6.07, 6.45) is 1.49. The number of methoxy groups -OCH3 is 2. The summed E-state index contributed by atoms with van der Waals surface area (Å²) in [5.74, 6) is 0.418. The number of hydrazone groups is 1. The van der Waals surface area contributed by atoms with Gasteiger partial charge in [0.25, 0.3) is 11.8 Å². The second kappa shape index (κ2) is 10.6. The number of para-hydroxylation sites is 1. The highest BCUT2D eigenvalue weighted by Crippen LogP contribution is 2.19. The molecular weight excluding hydrogens is 394 g/mol. The van der Waals surface area contributed by atoms with Crippen LogP contribution in [-0.2, 0) is 4.79 Å². The van der Waals surface area contributed by atoms with Gasteiger partial charge in [-0.2, -0.15) is 5.10 Å². The van der Waals surface area contributed by atoms with Gasteiger partial charge < -0.3 is 14.8 Å². The van der Waals surface area contributed by atoms with Crippen LogP contribution in [-0.4, -0.2) is 32.2 Å². The van der Waals surface area contributed by atoms with Crippen molar-refractivity contribution >= 4 is 18.0 Å². The Morgan fingerprint density at radius 2 is 1.55 bits per heavy atom. The largest absolute Gasteiger partial charge is 0.497 e. The summed E-state index contributed by atoms with van der Waals surface area (Å²) in [6, 6.07) is 21.9. The molecule has 0 aliphatic rings. The Labute approximate surface area is 180 Å². The van der Waals surface area contributed by atoms with Gasteiger partial charge in [0.1, 0.15) is 17.5 Å². The quantitative estimate of drug-likeness (QED) is 0.435. The number of carbonyl (C=O) groups is 2. The number of rotatable bonds is 8. The first-order chi connectivity index (χ1) is 15.1. The van der Waals surface area contributed by atoms with E-state index >= 15 is 0 Å². The predicted molar refractivity (Wildman–Crippen MR) is 118 cm³/mol. The standard InChI is InChI=1S/C24H23N3O4/c1-30-20-14-12-17(13-15-20)22(26-23(28)18-8-4-3-5-9-18)24(29)27-25-16-19-10-6-7-11-21(19)31-2/h3-16,22H,1-2H3,(H,26,28)(H,27,29)/b25-16-/t22-/m1/s1. The van der Waals surface area contributed by atoms with Crippen molar-refractivity contribution in [2.75, 3.05) is 14.2 Å². The van der Waals surface area contributed by atoms with Gasteiger partial charge in [0, 0.05) is 11.1 Å². The summed E-state index contributed by atoms with van der Waals surface area (Å²) in [7, 11) is 3.12. The topological polar surface area (TPSA) is 89.0 Å². The van der Waals surface area contributed by atoms with Crippen LogP contribution in [0.4, 0.5) is 0 Å². The van der Waals surface area contributed by atoms with Crippen LogP contribution < -0.4 is 20.2 Å². The number of carbonyl (C=O) groups excluding carboxylic acids is 2. The van der Waals surface area contributed by atoms with Crippen LogP contribution in [0.5, 0.6) is 11.5 Å². The van der Waals surface area contributed by atoms with Crippen molar-refractivity contribution in [2.24, 2.45) is 5.10 Å². The van der Waals surface area contributed by atoms with Crippen LogP contribution in [0.2, 0.25) is 0 Å². The molecule has 0 saturated heterocycles. The first-order valence-electron chi connectivity index (χ1n) is 9.58. The molecule has 7 nitrogen and oxygen atoms in total. The lowest BCUT2D eigenvalue weighted by Crippen LogP contribution is -2.38. The molecule has 1 atom stereocenters. The Hall–Kier alpha value is -4.13. The van der Waals surface area contributed by atoms with Crippen LogP contribution in [0.25, 0.3) is 0 Å². The SMILES string of the molecule is COc1ccc([C@@H](NC(=O)c2ccccc2)C(=O)N/N=C\c2ccccc2OC)cc1. The molecule has 158 valence electrons. The van der Waals surface area contributed by atoms with Crippen LogP contribution in [0.1, 0.15) is 27.5 Å². The lowest BCUT2D eigenvalue weighted by atomic mass is 10.1. The highest BCUT2D eigenvalue weighted by Gasteiger charge is 2.23. The van der Waals surface area contributed by atoms with E-state index < -0.39 is 11.9 Å². The fourth-order valence-corrected chi connectivity index (χ4v) is 2.90. The van der Waals surface area contributed by atoms with Gasteiger partial charge in [0.05, 0.1) is 20.4 Å². The van der Waals surface area contributed by atoms with Crippen LogP contribution >= 0.6 is 0 Å². The van der Waals surface area contributed by atoms with Crippen molar-refractivity contribution in [2.45, 2.75) is 6.04 Å². The first-order valence-corrected chi connectivity index (χ1v) is 9.58. The monoisotopic (exact) mass is 417 g/mol. The maximum absolute atomic E-state index is 12.9. The van der Waals surface area contributed by atoms with Crippen molar-refractivity contribution < 1.29 is 19.1 Å². The fourth-order valence-electron chi connectivity index (χ4n) is 2.90. The number of hydrogen-bond acceptors (Lipinski definition) is 5. The van der Waals surface area contributed by atoms with E-state index in [4.69, 9.17) is 9.47 Å². The van der Waals surface area contributed by atoms with E-state index in [0.29, 0.717) is 28.2 Å². The molecule has 0 unspecified atom stereocenters. The Bertz CT molecular complexity index is 1050. The van der Waals surface area contributed by atoms with Gasteiger partial charge in [-0.3, -0.25) is 9.59 Å². The maximum Gasteiger partial charge on any atom is 0.267 e. The second-order valence-corrected chi connectivity index (χ2v) is 6.52. The summed E-state index contributed by atoms with van der Waals surface area (Å²) < 4.78 is 10.4. The van der Waals surface area contributed by atoms with E-state index in [2.05, 4.69) is 15.8 Å². The van der Waals surface area contributed by atoms with Gasteiger partial charge in [0.2, 0.25) is 0 Å². The van der Waals surface area contributed by atoms with Crippen LogP contribution in [0, 0.1) is 0 Å². The van der Waals surface area contributed by atoms with E-state index in [0.717, 1.165) is 0 Å². The Kier molecular flexibility index (Phi) is 7.37. The van der Waals surface area contributed by atoms with Crippen molar-refractivity contribution in [1.82, 2.24) is 10.7 Å². The molecule has 0 heterocycles. The number of nitrogens with one attached hydrogen (secondary N) is 2. The highest BCUT2D eigenvalue weighted by atomic mass is 16.5. The molecule has 0 saturated carbocycles. The van der Waals surface area contributed by atoms with E-state index in [-0.39, 0.29) is 5.91 Å². The van der Waals surface area contributed by atoms with Crippen LogP contribution in [0.15, 0.2) is 84.0 Å². The van der Waals surface area contributed by atoms with Crippen molar-refractivity contribution in [3.8, 4) is 11.5 Å². The molecule has 3 aromatic carbocycles. The Morgan fingerprint density at radius 3 is 2.23 bits per heavy atom. The molecule has 31 heavy (non-hydrogen) atoms. The van der Waals surface area contributed by atoms with Gasteiger partial charge in [0.15, 0.2) is 0 Å². The van der Waals surface area contributed by atoms with E-state index in [1.807, 2.05) is 24.3 Å². The third-order valence-corrected chi connectivity index (χ3v) is 4.54. The Balaban J connectivity index is 1.79. The summed E-state index contributed by atoms with van der Waals surface area (Å²) in [6.45, 7) is 0. The molecule has 0 aliphatic heterocycles. The average Bonchev–Trinajstić information content (AvgIpc) is 2.83.